The molecule has 0 radical (unpaired) electrons. The van der Waals surface area contributed by atoms with Crippen LogP contribution < -0.4 is 5.32 Å². The van der Waals surface area contributed by atoms with Gasteiger partial charge in [-0.3, -0.25) is 9.69 Å². The lowest BCUT2D eigenvalue weighted by atomic mass is 9.99. The van der Waals surface area contributed by atoms with Crippen molar-refractivity contribution in [2.75, 3.05) is 0 Å². The van der Waals surface area contributed by atoms with Gasteiger partial charge in [0.15, 0.2) is 5.54 Å². The molecular formula is C13H11ClN2O3S. The van der Waals surface area contributed by atoms with E-state index in [-0.39, 0.29) is 12.5 Å². The fourth-order valence-electron chi connectivity index (χ4n) is 2.16. The Labute approximate surface area is 124 Å². The summed E-state index contributed by atoms with van der Waals surface area (Å²) >= 11 is 7.20. The largest absolute Gasteiger partial charge is 0.466 e. The number of hydrogen-bond acceptors (Lipinski definition) is 4. The second kappa shape index (κ2) is 4.64. The fourth-order valence-corrected chi connectivity index (χ4v) is 3.24. The molecule has 3 heterocycles. The van der Waals surface area contributed by atoms with E-state index in [1.165, 1.54) is 22.5 Å². The fraction of sp³-hybridized carbons (Fsp3) is 0.231. The summed E-state index contributed by atoms with van der Waals surface area (Å²) in [6, 6.07) is 6.46. The van der Waals surface area contributed by atoms with Gasteiger partial charge in [0.05, 0.1) is 17.1 Å². The maximum atomic E-state index is 12.5. The average molecular weight is 311 g/mol. The molecule has 7 heteroatoms. The van der Waals surface area contributed by atoms with Gasteiger partial charge in [0.25, 0.3) is 5.91 Å². The molecule has 3 rings (SSSR count). The molecule has 1 saturated heterocycles. The van der Waals surface area contributed by atoms with Crippen molar-refractivity contribution in [2.24, 2.45) is 0 Å². The van der Waals surface area contributed by atoms with Crippen LogP contribution in [0, 0.1) is 0 Å². The second-order valence-electron chi connectivity index (χ2n) is 4.63. The Balaban J connectivity index is 1.87. The number of nitrogens with one attached hydrogen (secondary N) is 1. The third-order valence-corrected chi connectivity index (χ3v) is 4.45. The van der Waals surface area contributed by atoms with Gasteiger partial charge in [-0.25, -0.2) is 4.79 Å². The van der Waals surface area contributed by atoms with E-state index in [0.717, 1.165) is 4.88 Å². The standard InChI is InChI=1S/C13H11ClN2O3S/c1-13(9-3-2-6-19-9)11(17)16(12(18)15-13)7-8-4-5-10(14)20-8/h2-6H,7H2,1H3,(H,15,18). The summed E-state index contributed by atoms with van der Waals surface area (Å²) in [4.78, 5) is 26.6. The van der Waals surface area contributed by atoms with Gasteiger partial charge in [-0.2, -0.15) is 0 Å². The molecule has 0 saturated carbocycles. The predicted molar refractivity (Wildman–Crippen MR) is 74.5 cm³/mol. The van der Waals surface area contributed by atoms with Gasteiger partial charge in [0, 0.05) is 4.88 Å². The summed E-state index contributed by atoms with van der Waals surface area (Å²) in [6.07, 6.45) is 1.47. The van der Waals surface area contributed by atoms with E-state index in [2.05, 4.69) is 5.32 Å². The minimum atomic E-state index is -1.15. The monoisotopic (exact) mass is 310 g/mol. The first-order valence-corrected chi connectivity index (χ1v) is 7.12. The van der Waals surface area contributed by atoms with Crippen LogP contribution >= 0.6 is 22.9 Å². The lowest BCUT2D eigenvalue weighted by molar-refractivity contribution is -0.132. The van der Waals surface area contributed by atoms with E-state index >= 15 is 0 Å². The van der Waals surface area contributed by atoms with Crippen LogP contribution in [0.25, 0.3) is 0 Å². The number of hydrogen-bond donors (Lipinski definition) is 1. The van der Waals surface area contributed by atoms with Crippen molar-refractivity contribution in [2.45, 2.75) is 19.0 Å². The van der Waals surface area contributed by atoms with Crippen LogP contribution in [-0.4, -0.2) is 16.8 Å². The highest BCUT2D eigenvalue weighted by Crippen LogP contribution is 2.31. The van der Waals surface area contributed by atoms with Crippen LogP contribution in [-0.2, 0) is 16.9 Å². The van der Waals surface area contributed by atoms with Crippen molar-refractivity contribution in [3.05, 3.63) is 45.5 Å². The number of thiophene rings is 1. The molecule has 0 aromatic carbocycles. The highest BCUT2D eigenvalue weighted by Gasteiger charge is 2.50. The molecule has 2 aromatic heterocycles. The molecule has 1 atom stereocenters. The van der Waals surface area contributed by atoms with Gasteiger partial charge in [-0.15, -0.1) is 11.3 Å². The van der Waals surface area contributed by atoms with Gasteiger partial charge >= 0.3 is 6.03 Å². The summed E-state index contributed by atoms with van der Waals surface area (Å²) in [6.45, 7) is 1.84. The Morgan fingerprint density at radius 2 is 2.20 bits per heavy atom. The van der Waals surface area contributed by atoms with Crippen LogP contribution in [0.4, 0.5) is 4.79 Å². The number of halogens is 1. The summed E-state index contributed by atoms with van der Waals surface area (Å²) in [5, 5.41) is 2.67. The van der Waals surface area contributed by atoms with Crippen molar-refractivity contribution in [1.29, 1.82) is 0 Å². The van der Waals surface area contributed by atoms with Gasteiger partial charge in [-0.05, 0) is 31.2 Å². The lowest BCUT2D eigenvalue weighted by Crippen LogP contribution is -2.40. The molecule has 1 unspecified atom stereocenters. The Bertz CT molecular complexity index is 667. The highest BCUT2D eigenvalue weighted by atomic mass is 35.5. The molecule has 5 nitrogen and oxygen atoms in total. The van der Waals surface area contributed by atoms with Crippen LogP contribution in [0.5, 0.6) is 0 Å². The molecule has 3 amide bonds. The molecule has 1 fully saturated rings. The van der Waals surface area contributed by atoms with Crippen molar-refractivity contribution in [3.8, 4) is 0 Å². The highest BCUT2D eigenvalue weighted by molar-refractivity contribution is 7.16. The van der Waals surface area contributed by atoms with Gasteiger partial charge < -0.3 is 9.73 Å². The van der Waals surface area contributed by atoms with Gasteiger partial charge in [0.1, 0.15) is 5.76 Å². The third kappa shape index (κ3) is 2.01. The third-order valence-electron chi connectivity index (χ3n) is 3.23. The molecule has 1 aliphatic rings. The lowest BCUT2D eigenvalue weighted by Gasteiger charge is -2.18. The summed E-state index contributed by atoms with van der Waals surface area (Å²) in [7, 11) is 0. The zero-order chi connectivity index (χ0) is 14.3. The summed E-state index contributed by atoms with van der Waals surface area (Å²) < 4.78 is 5.89. The number of amides is 3. The number of imide groups is 1. The predicted octanol–water partition coefficient (Wildman–Crippen LogP) is 2.96. The average Bonchev–Trinajstić information content (AvgIpc) is 3.09. The molecular weight excluding hydrogens is 300 g/mol. The number of carbonyl (C=O) groups excluding carboxylic acids is 2. The Morgan fingerprint density at radius 1 is 1.40 bits per heavy atom. The number of nitrogens with zero attached hydrogens (tertiary/aromatic N) is 1. The Morgan fingerprint density at radius 3 is 2.80 bits per heavy atom. The number of urea groups is 1. The molecule has 0 aliphatic carbocycles. The van der Waals surface area contributed by atoms with Crippen LogP contribution in [0.2, 0.25) is 4.34 Å². The summed E-state index contributed by atoms with van der Waals surface area (Å²) in [5.41, 5.74) is -1.15. The van der Waals surface area contributed by atoms with Gasteiger partial charge in [-0.1, -0.05) is 11.6 Å². The van der Waals surface area contributed by atoms with E-state index in [4.69, 9.17) is 16.0 Å². The van der Waals surface area contributed by atoms with Crippen molar-refractivity contribution >= 4 is 34.9 Å². The zero-order valence-corrected chi connectivity index (χ0v) is 12.1. The van der Waals surface area contributed by atoms with Crippen LogP contribution in [0.3, 0.4) is 0 Å². The van der Waals surface area contributed by atoms with E-state index in [9.17, 15) is 9.59 Å². The SMILES string of the molecule is CC1(c2ccco2)NC(=O)N(Cc2ccc(Cl)s2)C1=O. The van der Waals surface area contributed by atoms with Crippen molar-refractivity contribution in [1.82, 2.24) is 10.2 Å². The van der Waals surface area contributed by atoms with E-state index in [1.807, 2.05) is 0 Å². The quantitative estimate of drug-likeness (QED) is 0.887. The zero-order valence-electron chi connectivity index (χ0n) is 10.6. The molecule has 1 N–H and O–H groups in total. The van der Waals surface area contributed by atoms with E-state index in [1.54, 1.807) is 31.2 Å². The first kappa shape index (κ1) is 13.2. The first-order chi connectivity index (χ1) is 9.50. The molecule has 0 spiro atoms. The van der Waals surface area contributed by atoms with Crippen LogP contribution in [0.15, 0.2) is 34.9 Å². The maximum Gasteiger partial charge on any atom is 0.325 e. The topological polar surface area (TPSA) is 62.6 Å². The molecule has 2 aromatic rings. The molecule has 104 valence electrons. The van der Waals surface area contributed by atoms with Crippen molar-refractivity contribution < 1.29 is 14.0 Å². The minimum absolute atomic E-state index is 0.207. The van der Waals surface area contributed by atoms with Crippen molar-refractivity contribution in [3.63, 3.8) is 0 Å². The number of carbonyl (C=O) groups is 2. The first-order valence-electron chi connectivity index (χ1n) is 5.93. The molecule has 0 bridgehead atoms. The van der Waals surface area contributed by atoms with Crippen LogP contribution in [0.1, 0.15) is 17.6 Å². The minimum Gasteiger partial charge on any atom is -0.466 e. The Hall–Kier alpha value is -1.79. The Kier molecular flexibility index (Phi) is 3.07. The smallest absolute Gasteiger partial charge is 0.325 e. The van der Waals surface area contributed by atoms with Gasteiger partial charge in [0.2, 0.25) is 0 Å². The van der Waals surface area contributed by atoms with E-state index in [0.29, 0.717) is 10.1 Å². The summed E-state index contributed by atoms with van der Waals surface area (Å²) in [5.74, 6) is 0.0875. The molecule has 20 heavy (non-hydrogen) atoms. The second-order valence-corrected chi connectivity index (χ2v) is 6.43. The number of furan rings is 1. The van der Waals surface area contributed by atoms with E-state index < -0.39 is 11.6 Å². The maximum absolute atomic E-state index is 12.5. The molecule has 1 aliphatic heterocycles. The number of rotatable bonds is 3. The normalized spacial score (nSPS) is 22.4.